The van der Waals surface area contributed by atoms with Crippen molar-refractivity contribution in [3.8, 4) is 11.5 Å². The minimum absolute atomic E-state index is 0.0244. The lowest BCUT2D eigenvalue weighted by atomic mass is 10.1. The maximum Gasteiger partial charge on any atom is 0.323 e. The van der Waals surface area contributed by atoms with Crippen molar-refractivity contribution in [2.45, 2.75) is 23.8 Å². The van der Waals surface area contributed by atoms with Gasteiger partial charge in [-0.1, -0.05) is 6.07 Å². The van der Waals surface area contributed by atoms with Gasteiger partial charge in [-0.15, -0.1) is 0 Å². The van der Waals surface area contributed by atoms with E-state index in [1.54, 1.807) is 18.2 Å². The first-order chi connectivity index (χ1) is 18.5. The van der Waals surface area contributed by atoms with E-state index < -0.39 is 34.5 Å². The number of nitrogens with two attached hydrogens (primary N) is 2. The van der Waals surface area contributed by atoms with E-state index in [1.165, 1.54) is 33.5 Å². The van der Waals surface area contributed by atoms with Crippen molar-refractivity contribution in [1.82, 2.24) is 9.62 Å². The molecule has 1 atom stereocenters. The Morgan fingerprint density at radius 2 is 1.69 bits per heavy atom. The van der Waals surface area contributed by atoms with Gasteiger partial charge < -0.3 is 35.7 Å². The van der Waals surface area contributed by atoms with Crippen LogP contribution in [-0.2, 0) is 24.3 Å². The van der Waals surface area contributed by atoms with Crippen LogP contribution in [0.1, 0.15) is 12.8 Å². The van der Waals surface area contributed by atoms with Gasteiger partial charge in [0.15, 0.2) is 17.5 Å². The van der Waals surface area contributed by atoms with Crippen LogP contribution in [-0.4, -0.2) is 89.9 Å². The average Bonchev–Trinajstić information content (AvgIpc) is 2.91. The smallest absolute Gasteiger partial charge is 0.323 e. The lowest BCUT2D eigenvalue weighted by Gasteiger charge is -2.26. The highest BCUT2D eigenvalue weighted by molar-refractivity contribution is 7.89. The molecule has 0 radical (unpaired) electrons. The van der Waals surface area contributed by atoms with Crippen molar-refractivity contribution in [1.29, 1.82) is 10.8 Å². The van der Waals surface area contributed by atoms with E-state index in [0.29, 0.717) is 22.3 Å². The molecule has 0 fully saturated rings. The molecular weight excluding hydrogens is 534 g/mol. The van der Waals surface area contributed by atoms with Gasteiger partial charge in [-0.3, -0.25) is 14.6 Å². The second kappa shape index (κ2) is 15.9. The molecular formula is C23H33N7O8S. The molecule has 16 heteroatoms. The van der Waals surface area contributed by atoms with E-state index in [1.807, 2.05) is 0 Å². The Bertz CT molecular complexity index is 1280. The number of nitrogens with one attached hydrogen (secondary N) is 1. The Morgan fingerprint density at radius 3 is 2.23 bits per heavy atom. The molecule has 0 unspecified atom stereocenters. The van der Waals surface area contributed by atoms with Crippen LogP contribution < -0.4 is 25.7 Å². The zero-order chi connectivity index (χ0) is 29.6. The molecule has 1 amide bonds. The number of carbonyl (C=O) groups excluding carboxylic acids is 1. The van der Waals surface area contributed by atoms with Crippen LogP contribution >= 0.6 is 0 Å². The maximum atomic E-state index is 13.3. The summed E-state index contributed by atoms with van der Waals surface area (Å²) in [7, 11) is 0.171. The fourth-order valence-corrected chi connectivity index (χ4v) is 4.82. The van der Waals surface area contributed by atoms with Crippen molar-refractivity contribution in [2.24, 2.45) is 16.5 Å². The largest absolute Gasteiger partial charge is 0.493 e. The van der Waals surface area contributed by atoms with Crippen LogP contribution in [0, 0.1) is 10.8 Å². The van der Waals surface area contributed by atoms with Crippen molar-refractivity contribution in [2.75, 3.05) is 47.6 Å². The lowest BCUT2D eigenvalue weighted by Crippen LogP contribution is -2.50. The second-order valence-electron chi connectivity index (χ2n) is 7.99. The molecule has 0 aromatic heterocycles. The number of aliphatic imine (C=N–C) groups is 1. The summed E-state index contributed by atoms with van der Waals surface area (Å²) in [6, 6.07) is 6.55. The first kappa shape index (κ1) is 32.8. The molecule has 2 rings (SSSR count). The number of benzene rings is 2. The number of guanidine groups is 1. The molecule has 6 N–H and O–H groups in total. The Labute approximate surface area is 226 Å². The number of aliphatic carboxylic acids is 1. The number of sulfonamides is 1. The van der Waals surface area contributed by atoms with Crippen LogP contribution in [0.25, 0.3) is 10.8 Å². The zero-order valence-electron chi connectivity index (χ0n) is 21.9. The molecule has 2 aromatic rings. The minimum atomic E-state index is -4.20. The number of nitrogens with zero attached hydrogens (tertiary/aromatic N) is 4. The Morgan fingerprint density at radius 1 is 1.08 bits per heavy atom. The molecule has 2 aromatic carbocycles. The number of rotatable bonds is 15. The van der Waals surface area contributed by atoms with E-state index >= 15 is 0 Å². The lowest BCUT2D eigenvalue weighted by molar-refractivity contribution is -0.145. The summed E-state index contributed by atoms with van der Waals surface area (Å²) < 4.78 is 44.6. The van der Waals surface area contributed by atoms with E-state index in [0.717, 1.165) is 4.90 Å². The molecule has 0 aliphatic heterocycles. The molecule has 0 aliphatic carbocycles. The second-order valence-corrected chi connectivity index (χ2v) is 9.70. The summed E-state index contributed by atoms with van der Waals surface area (Å²) in [6.07, 6.45) is 0.285. The van der Waals surface area contributed by atoms with Gasteiger partial charge in [0, 0.05) is 31.0 Å². The topological polar surface area (TPSA) is 243 Å². The van der Waals surface area contributed by atoms with Gasteiger partial charge in [-0.25, -0.2) is 8.42 Å². The normalized spacial score (nSPS) is 11.5. The van der Waals surface area contributed by atoms with Gasteiger partial charge in [-0.05, 0) is 47.9 Å². The number of hydrogen-bond acceptors (Lipinski definition) is 10. The SMILES string of the molecule is COCCN(CC(=O)O)C(=O)[C@H](CCCN=C(N)N)NS(=O)(=O)c1ccc2cc(OC)c(OC)cc2c1.N#N. The summed E-state index contributed by atoms with van der Waals surface area (Å²) in [5.41, 5.74) is 10.7. The highest BCUT2D eigenvalue weighted by Gasteiger charge is 2.30. The minimum Gasteiger partial charge on any atom is -0.493 e. The van der Waals surface area contributed by atoms with Crippen molar-refractivity contribution >= 4 is 38.6 Å². The molecule has 39 heavy (non-hydrogen) atoms. The van der Waals surface area contributed by atoms with Crippen molar-refractivity contribution in [3.05, 3.63) is 30.3 Å². The van der Waals surface area contributed by atoms with E-state index in [-0.39, 0.29) is 43.4 Å². The predicted molar refractivity (Wildman–Crippen MR) is 141 cm³/mol. The summed E-state index contributed by atoms with van der Waals surface area (Å²) in [6.45, 7) is -0.428. The van der Waals surface area contributed by atoms with E-state index in [9.17, 15) is 23.1 Å². The quantitative estimate of drug-likeness (QED) is 0.0972. The fourth-order valence-electron chi connectivity index (χ4n) is 3.56. The molecule has 0 heterocycles. The zero-order valence-corrected chi connectivity index (χ0v) is 22.7. The summed E-state index contributed by atoms with van der Waals surface area (Å²) in [5.74, 6) is -1.18. The number of carbonyl (C=O) groups is 2. The van der Waals surface area contributed by atoms with E-state index in [2.05, 4.69) is 9.71 Å². The van der Waals surface area contributed by atoms with Gasteiger partial charge >= 0.3 is 5.97 Å². The third kappa shape index (κ3) is 9.89. The molecule has 0 saturated heterocycles. The molecule has 214 valence electrons. The first-order valence-corrected chi connectivity index (χ1v) is 12.9. The highest BCUT2D eigenvalue weighted by Crippen LogP contribution is 2.33. The third-order valence-corrected chi connectivity index (χ3v) is 6.84. The maximum absolute atomic E-state index is 13.3. The van der Waals surface area contributed by atoms with Gasteiger partial charge in [-0.2, -0.15) is 4.72 Å². The van der Waals surface area contributed by atoms with Crippen molar-refractivity contribution < 1.29 is 37.3 Å². The Balaban J connectivity index is 0.00000371. The van der Waals surface area contributed by atoms with Gasteiger partial charge in [0.2, 0.25) is 15.9 Å². The average molecular weight is 568 g/mol. The number of ether oxygens (including phenoxy) is 3. The number of carboxylic acids is 1. The first-order valence-electron chi connectivity index (χ1n) is 11.5. The molecule has 15 nitrogen and oxygen atoms in total. The van der Waals surface area contributed by atoms with Crippen LogP contribution in [0.15, 0.2) is 40.2 Å². The highest BCUT2D eigenvalue weighted by atomic mass is 32.2. The standard InChI is InChI=1S/C23H33N5O8S.N2/c1-34-10-9-28(14-21(29)30)22(31)18(5-4-8-26-23(24)25)27-37(32,33)17-7-6-15-12-19(35-2)20(36-3)13-16(15)11-17;1-2/h6-7,11-13,18,27H,4-5,8-10,14H2,1-3H3,(H,29,30)(H4,24,25,26);/t18-;/m0./s1. The number of methoxy groups -OCH3 is 3. The Kier molecular flexibility index (Phi) is 13.4. The molecule has 0 aliphatic rings. The summed E-state index contributed by atoms with van der Waals surface area (Å²) >= 11 is 0. The van der Waals surface area contributed by atoms with Crippen LogP contribution in [0.2, 0.25) is 0 Å². The molecule has 0 spiro atoms. The fraction of sp³-hybridized carbons (Fsp3) is 0.435. The van der Waals surface area contributed by atoms with Crippen molar-refractivity contribution in [3.63, 3.8) is 0 Å². The van der Waals surface area contributed by atoms with Gasteiger partial charge in [0.1, 0.15) is 12.6 Å². The Hall–Kier alpha value is -4.20. The summed E-state index contributed by atoms with van der Waals surface area (Å²) in [4.78, 5) is 29.4. The molecule has 0 bridgehead atoms. The third-order valence-electron chi connectivity index (χ3n) is 5.37. The number of fused-ring (bicyclic) bond motifs is 1. The van der Waals surface area contributed by atoms with Crippen LogP contribution in [0.3, 0.4) is 0 Å². The summed E-state index contributed by atoms with van der Waals surface area (Å²) in [5, 5.41) is 22.5. The van der Waals surface area contributed by atoms with E-state index in [4.69, 9.17) is 36.5 Å². The predicted octanol–water partition coefficient (Wildman–Crippen LogP) is 0.147. The van der Waals surface area contributed by atoms with Gasteiger partial charge in [0.25, 0.3) is 0 Å². The molecule has 0 saturated carbocycles. The number of amides is 1. The number of hydrogen-bond donors (Lipinski definition) is 4. The van der Waals surface area contributed by atoms with Crippen LogP contribution in [0.4, 0.5) is 0 Å². The number of carboxylic acid groups (broad SMARTS) is 1. The van der Waals surface area contributed by atoms with Crippen LogP contribution in [0.5, 0.6) is 11.5 Å². The monoisotopic (exact) mass is 567 g/mol. The van der Waals surface area contributed by atoms with Gasteiger partial charge in [0.05, 0.1) is 25.7 Å².